The van der Waals surface area contributed by atoms with Crippen LogP contribution in [0.5, 0.6) is 0 Å². The smallest absolute Gasteiger partial charge is 0.325 e. The van der Waals surface area contributed by atoms with E-state index >= 15 is 0 Å². The minimum Gasteiger partial charge on any atom is -0.480 e. The largest absolute Gasteiger partial charge is 0.480 e. The third kappa shape index (κ3) is 4.96. The van der Waals surface area contributed by atoms with E-state index in [9.17, 15) is 14.3 Å². The van der Waals surface area contributed by atoms with Crippen molar-refractivity contribution in [3.8, 4) is 0 Å². The zero-order valence-electron chi connectivity index (χ0n) is 11.6. The van der Waals surface area contributed by atoms with Gasteiger partial charge in [0.2, 0.25) is 0 Å². The number of aryl methyl sites for hydroxylation is 1. The molecule has 0 aliphatic heterocycles. The molecule has 1 atom stereocenters. The summed E-state index contributed by atoms with van der Waals surface area (Å²) in [6, 6.07) is 3.61. The highest BCUT2D eigenvalue weighted by Crippen LogP contribution is 2.17. The lowest BCUT2D eigenvalue weighted by atomic mass is 10.0. The van der Waals surface area contributed by atoms with E-state index in [0.717, 1.165) is 13.0 Å². The lowest BCUT2D eigenvalue weighted by Crippen LogP contribution is -2.30. The van der Waals surface area contributed by atoms with Gasteiger partial charge in [-0.3, -0.25) is 4.79 Å². The minimum atomic E-state index is -0.948. The Morgan fingerprint density at radius 2 is 2.16 bits per heavy atom. The van der Waals surface area contributed by atoms with Gasteiger partial charge in [0.1, 0.15) is 11.9 Å². The summed E-state index contributed by atoms with van der Waals surface area (Å²) >= 11 is 0. The van der Waals surface area contributed by atoms with Crippen molar-refractivity contribution in [3.63, 3.8) is 0 Å². The second-order valence-corrected chi connectivity index (χ2v) is 4.89. The highest BCUT2D eigenvalue weighted by Gasteiger charge is 2.19. The van der Waals surface area contributed by atoms with Gasteiger partial charge in [-0.15, -0.1) is 0 Å². The number of halogens is 1. The van der Waals surface area contributed by atoms with E-state index in [0.29, 0.717) is 17.7 Å². The Labute approximate surface area is 113 Å². The lowest BCUT2D eigenvalue weighted by Gasteiger charge is -2.16. The Morgan fingerprint density at radius 3 is 2.68 bits per heavy atom. The average molecular weight is 268 g/mol. The summed E-state index contributed by atoms with van der Waals surface area (Å²) in [6.07, 6.45) is 0.858. The summed E-state index contributed by atoms with van der Waals surface area (Å²) in [5.41, 5.74) is 1.04. The molecule has 106 valence electrons. The van der Waals surface area contributed by atoms with Gasteiger partial charge < -0.3 is 15.3 Å². The minimum absolute atomic E-state index is 0.319. The highest BCUT2D eigenvalue weighted by molar-refractivity contribution is 5.75. The molecule has 0 fully saturated rings. The quantitative estimate of drug-likeness (QED) is 0.740. The summed E-state index contributed by atoms with van der Waals surface area (Å²) in [6.45, 7) is 3.12. The number of aliphatic carboxylic acids is 1. The number of hydrogen-bond donors (Lipinski definition) is 2. The monoisotopic (exact) mass is 268 g/mol. The number of carboxylic acid groups (broad SMARTS) is 1. The molecular formula is C14H21FN2O2. The highest BCUT2D eigenvalue weighted by atomic mass is 19.1. The fraction of sp³-hybridized carbons (Fsp3) is 0.500. The van der Waals surface area contributed by atoms with Crippen LogP contribution in [0.15, 0.2) is 18.2 Å². The molecule has 1 unspecified atom stereocenters. The number of nitrogens with zero attached hydrogens (tertiary/aromatic N) is 1. The van der Waals surface area contributed by atoms with Crippen molar-refractivity contribution in [2.24, 2.45) is 0 Å². The zero-order chi connectivity index (χ0) is 14.4. The van der Waals surface area contributed by atoms with Crippen molar-refractivity contribution in [3.05, 3.63) is 35.1 Å². The molecule has 0 amide bonds. The van der Waals surface area contributed by atoms with Gasteiger partial charge in [0.15, 0.2) is 0 Å². The molecule has 1 rings (SSSR count). The molecule has 0 aromatic heterocycles. The van der Waals surface area contributed by atoms with Gasteiger partial charge in [0, 0.05) is 0 Å². The Bertz CT molecular complexity index is 435. The second kappa shape index (κ2) is 7.21. The van der Waals surface area contributed by atoms with Gasteiger partial charge in [-0.1, -0.05) is 12.1 Å². The molecule has 0 bridgehead atoms. The van der Waals surface area contributed by atoms with Crippen LogP contribution in [0.2, 0.25) is 0 Å². The van der Waals surface area contributed by atoms with Crippen molar-refractivity contribution in [1.29, 1.82) is 0 Å². The number of nitrogens with one attached hydrogen (secondary N) is 1. The Hall–Kier alpha value is -1.46. The predicted octanol–water partition coefficient (Wildman–Crippen LogP) is 1.80. The zero-order valence-corrected chi connectivity index (χ0v) is 11.6. The third-order valence-electron chi connectivity index (χ3n) is 2.89. The van der Waals surface area contributed by atoms with Gasteiger partial charge in [0.25, 0.3) is 0 Å². The first kappa shape index (κ1) is 15.6. The molecule has 4 nitrogen and oxygen atoms in total. The lowest BCUT2D eigenvalue weighted by molar-refractivity contribution is -0.139. The molecule has 1 aromatic carbocycles. The molecule has 0 heterocycles. The molecule has 0 spiro atoms. The summed E-state index contributed by atoms with van der Waals surface area (Å²) in [5, 5.41) is 12.2. The van der Waals surface area contributed by atoms with Crippen LogP contribution in [0.25, 0.3) is 0 Å². The summed E-state index contributed by atoms with van der Waals surface area (Å²) in [5.74, 6) is -1.27. The first-order valence-electron chi connectivity index (χ1n) is 6.28. The summed E-state index contributed by atoms with van der Waals surface area (Å²) in [7, 11) is 3.94. The first-order chi connectivity index (χ1) is 8.91. The van der Waals surface area contributed by atoms with E-state index in [1.165, 1.54) is 12.1 Å². The second-order valence-electron chi connectivity index (χ2n) is 4.89. The molecule has 2 N–H and O–H groups in total. The number of rotatable bonds is 7. The van der Waals surface area contributed by atoms with E-state index in [4.69, 9.17) is 0 Å². The summed E-state index contributed by atoms with van der Waals surface area (Å²) < 4.78 is 13.2. The molecule has 5 heteroatoms. The Balaban J connectivity index is 2.66. The molecule has 0 saturated carbocycles. The molecular weight excluding hydrogens is 247 g/mol. The third-order valence-corrected chi connectivity index (χ3v) is 2.89. The molecule has 0 aliphatic rings. The summed E-state index contributed by atoms with van der Waals surface area (Å²) in [4.78, 5) is 13.3. The van der Waals surface area contributed by atoms with Gasteiger partial charge >= 0.3 is 5.97 Å². The normalized spacial score (nSPS) is 12.7. The van der Waals surface area contributed by atoms with Gasteiger partial charge in [-0.05, 0) is 57.7 Å². The number of benzene rings is 1. The predicted molar refractivity (Wildman–Crippen MR) is 72.7 cm³/mol. The van der Waals surface area contributed by atoms with Crippen LogP contribution >= 0.6 is 0 Å². The number of carbonyl (C=O) groups is 1. The van der Waals surface area contributed by atoms with Crippen molar-refractivity contribution in [1.82, 2.24) is 10.2 Å². The standard InChI is InChI=1S/C14H21FN2O2/c1-10-9-11(5-6-12(10)15)13(14(18)19)16-7-4-8-17(2)3/h5-6,9,13,16H,4,7-8H2,1-3H3,(H,18,19). The maximum Gasteiger partial charge on any atom is 0.325 e. The maximum atomic E-state index is 13.2. The topological polar surface area (TPSA) is 52.6 Å². The van der Waals surface area contributed by atoms with Gasteiger partial charge in [0.05, 0.1) is 0 Å². The van der Waals surface area contributed by atoms with Crippen LogP contribution in [0, 0.1) is 12.7 Å². The Morgan fingerprint density at radius 1 is 1.47 bits per heavy atom. The first-order valence-corrected chi connectivity index (χ1v) is 6.28. The van der Waals surface area contributed by atoms with Crippen molar-refractivity contribution >= 4 is 5.97 Å². The van der Waals surface area contributed by atoms with Crippen molar-refractivity contribution in [2.75, 3.05) is 27.2 Å². The molecule has 19 heavy (non-hydrogen) atoms. The van der Waals surface area contributed by atoms with Crippen molar-refractivity contribution in [2.45, 2.75) is 19.4 Å². The van der Waals surface area contributed by atoms with Gasteiger partial charge in [-0.2, -0.15) is 0 Å². The number of carboxylic acids is 1. The maximum absolute atomic E-state index is 13.2. The SMILES string of the molecule is Cc1cc(C(NCCCN(C)C)C(=O)O)ccc1F. The van der Waals surface area contributed by atoms with E-state index in [1.807, 2.05) is 19.0 Å². The van der Waals surface area contributed by atoms with E-state index in [-0.39, 0.29) is 5.82 Å². The van der Waals surface area contributed by atoms with Crippen molar-refractivity contribution < 1.29 is 14.3 Å². The van der Waals surface area contributed by atoms with Gasteiger partial charge in [-0.25, -0.2) is 4.39 Å². The van der Waals surface area contributed by atoms with Crippen LogP contribution in [-0.4, -0.2) is 43.2 Å². The van der Waals surface area contributed by atoms with Crippen LogP contribution in [0.3, 0.4) is 0 Å². The molecule has 0 radical (unpaired) electrons. The van der Waals surface area contributed by atoms with Crippen LogP contribution in [0.4, 0.5) is 4.39 Å². The Kier molecular flexibility index (Phi) is 5.92. The average Bonchev–Trinajstić information content (AvgIpc) is 2.32. The fourth-order valence-corrected chi connectivity index (χ4v) is 1.84. The van der Waals surface area contributed by atoms with E-state index in [1.54, 1.807) is 13.0 Å². The number of hydrogen-bond acceptors (Lipinski definition) is 3. The van der Waals surface area contributed by atoms with E-state index in [2.05, 4.69) is 5.32 Å². The molecule has 0 aliphatic carbocycles. The molecule has 0 saturated heterocycles. The fourth-order valence-electron chi connectivity index (χ4n) is 1.84. The van der Waals surface area contributed by atoms with Crippen LogP contribution in [0.1, 0.15) is 23.6 Å². The van der Waals surface area contributed by atoms with Crippen LogP contribution in [-0.2, 0) is 4.79 Å². The van der Waals surface area contributed by atoms with Crippen LogP contribution < -0.4 is 5.32 Å². The van der Waals surface area contributed by atoms with E-state index < -0.39 is 12.0 Å². The molecule has 1 aromatic rings.